The van der Waals surface area contributed by atoms with E-state index in [0.29, 0.717) is 16.4 Å². The van der Waals surface area contributed by atoms with Crippen LogP contribution < -0.4 is 11.1 Å². The van der Waals surface area contributed by atoms with Gasteiger partial charge in [-0.2, -0.15) is 0 Å². The lowest BCUT2D eigenvalue weighted by molar-refractivity contribution is -0.118. The maximum absolute atomic E-state index is 13.6. The van der Waals surface area contributed by atoms with E-state index in [1.165, 1.54) is 17.4 Å². The van der Waals surface area contributed by atoms with Crippen LogP contribution in [0, 0.1) is 11.7 Å². The molecule has 2 aromatic rings. The fourth-order valence-corrected chi connectivity index (χ4v) is 2.33. The predicted octanol–water partition coefficient (Wildman–Crippen LogP) is 2.87. The second kappa shape index (κ2) is 6.11. The first-order valence-corrected chi connectivity index (χ1v) is 7.14. The average Bonchev–Trinajstić information content (AvgIpc) is 2.86. The molecule has 20 heavy (non-hydrogen) atoms. The number of aromatic nitrogens is 1. The first kappa shape index (κ1) is 14.6. The van der Waals surface area contributed by atoms with Crippen LogP contribution in [0.5, 0.6) is 0 Å². The normalized spacial score (nSPS) is 12.4. The Bertz CT molecular complexity index is 612. The number of hydrogen-bond acceptors (Lipinski definition) is 4. The summed E-state index contributed by atoms with van der Waals surface area (Å²) in [5.74, 6) is -0.579. The SMILES string of the molecule is CC(C)[C@H](N)C(=O)Nc1nc(-c2ccccc2F)cs1. The van der Waals surface area contributed by atoms with Crippen LogP contribution in [0.15, 0.2) is 29.6 Å². The van der Waals surface area contributed by atoms with Crippen LogP contribution in [0.2, 0.25) is 0 Å². The smallest absolute Gasteiger partial charge is 0.243 e. The number of nitrogens with two attached hydrogens (primary N) is 1. The zero-order valence-corrected chi connectivity index (χ0v) is 12.1. The van der Waals surface area contributed by atoms with Crippen LogP contribution >= 0.6 is 11.3 Å². The molecule has 0 fully saturated rings. The number of carbonyl (C=O) groups is 1. The molecule has 106 valence electrons. The quantitative estimate of drug-likeness (QED) is 0.910. The van der Waals surface area contributed by atoms with E-state index in [4.69, 9.17) is 5.73 Å². The Kier molecular flexibility index (Phi) is 4.46. The van der Waals surface area contributed by atoms with Crippen molar-refractivity contribution in [1.82, 2.24) is 4.98 Å². The van der Waals surface area contributed by atoms with Crippen LogP contribution in [-0.2, 0) is 4.79 Å². The van der Waals surface area contributed by atoms with Gasteiger partial charge < -0.3 is 11.1 Å². The zero-order valence-electron chi connectivity index (χ0n) is 11.3. The molecule has 0 aliphatic rings. The number of anilines is 1. The summed E-state index contributed by atoms with van der Waals surface area (Å²) in [5.41, 5.74) is 6.67. The predicted molar refractivity (Wildman–Crippen MR) is 79.0 cm³/mol. The van der Waals surface area contributed by atoms with Crippen molar-refractivity contribution in [2.45, 2.75) is 19.9 Å². The molecule has 0 unspecified atom stereocenters. The third-order valence-corrected chi connectivity index (χ3v) is 3.66. The Labute approximate surface area is 120 Å². The van der Waals surface area contributed by atoms with E-state index in [1.54, 1.807) is 23.6 Å². The minimum absolute atomic E-state index is 0.0426. The molecule has 1 atom stereocenters. The van der Waals surface area contributed by atoms with E-state index in [2.05, 4.69) is 10.3 Å². The molecule has 1 heterocycles. The molecule has 1 aromatic heterocycles. The summed E-state index contributed by atoms with van der Waals surface area (Å²) in [6.45, 7) is 3.74. The number of benzene rings is 1. The van der Waals surface area contributed by atoms with E-state index in [1.807, 2.05) is 13.8 Å². The summed E-state index contributed by atoms with van der Waals surface area (Å²) < 4.78 is 13.6. The fraction of sp³-hybridized carbons (Fsp3) is 0.286. The van der Waals surface area contributed by atoms with E-state index in [-0.39, 0.29) is 17.6 Å². The highest BCUT2D eigenvalue weighted by Gasteiger charge is 2.18. The number of thiazole rings is 1. The fourth-order valence-electron chi connectivity index (χ4n) is 1.62. The summed E-state index contributed by atoms with van der Waals surface area (Å²) in [7, 11) is 0. The lowest BCUT2D eigenvalue weighted by Gasteiger charge is -2.13. The van der Waals surface area contributed by atoms with Gasteiger partial charge in [0.1, 0.15) is 5.82 Å². The minimum Gasteiger partial charge on any atom is -0.320 e. The molecule has 0 aliphatic carbocycles. The highest BCUT2D eigenvalue weighted by atomic mass is 32.1. The van der Waals surface area contributed by atoms with Gasteiger partial charge in [-0.3, -0.25) is 4.79 Å². The Morgan fingerprint density at radius 3 is 2.75 bits per heavy atom. The van der Waals surface area contributed by atoms with E-state index in [0.717, 1.165) is 0 Å². The summed E-state index contributed by atoms with van der Waals surface area (Å²) >= 11 is 1.25. The second-order valence-corrected chi connectivity index (χ2v) is 5.63. The van der Waals surface area contributed by atoms with Crippen molar-refractivity contribution < 1.29 is 9.18 Å². The maximum Gasteiger partial charge on any atom is 0.243 e. The average molecular weight is 293 g/mol. The molecule has 0 spiro atoms. The van der Waals surface area contributed by atoms with Crippen LogP contribution in [0.4, 0.5) is 9.52 Å². The van der Waals surface area contributed by atoms with E-state index in [9.17, 15) is 9.18 Å². The summed E-state index contributed by atoms with van der Waals surface area (Å²) in [4.78, 5) is 16.0. The van der Waals surface area contributed by atoms with Crippen LogP contribution in [-0.4, -0.2) is 16.9 Å². The van der Waals surface area contributed by atoms with Gasteiger partial charge in [0.15, 0.2) is 5.13 Å². The third kappa shape index (κ3) is 3.20. The number of carbonyl (C=O) groups excluding carboxylic acids is 1. The van der Waals surface area contributed by atoms with Gasteiger partial charge in [0, 0.05) is 10.9 Å². The molecule has 0 saturated heterocycles. The van der Waals surface area contributed by atoms with Crippen molar-refractivity contribution in [2.75, 3.05) is 5.32 Å². The Morgan fingerprint density at radius 1 is 1.40 bits per heavy atom. The first-order chi connectivity index (χ1) is 9.49. The van der Waals surface area contributed by atoms with Crippen molar-refractivity contribution in [3.8, 4) is 11.3 Å². The summed E-state index contributed by atoms with van der Waals surface area (Å²) in [6.07, 6.45) is 0. The van der Waals surface area contributed by atoms with Crippen molar-refractivity contribution >= 4 is 22.4 Å². The van der Waals surface area contributed by atoms with Gasteiger partial charge in [0.2, 0.25) is 5.91 Å². The Morgan fingerprint density at radius 2 is 2.10 bits per heavy atom. The number of amides is 1. The van der Waals surface area contributed by atoms with Crippen molar-refractivity contribution in [3.05, 3.63) is 35.5 Å². The van der Waals surface area contributed by atoms with E-state index >= 15 is 0 Å². The summed E-state index contributed by atoms with van der Waals surface area (Å²) in [6, 6.07) is 5.80. The van der Waals surface area contributed by atoms with Crippen LogP contribution in [0.3, 0.4) is 0 Å². The number of nitrogens with one attached hydrogen (secondary N) is 1. The second-order valence-electron chi connectivity index (χ2n) is 4.78. The van der Waals surface area contributed by atoms with Crippen LogP contribution in [0.1, 0.15) is 13.8 Å². The van der Waals surface area contributed by atoms with Gasteiger partial charge in [0.05, 0.1) is 11.7 Å². The molecule has 0 saturated carbocycles. The number of nitrogens with zero attached hydrogens (tertiary/aromatic N) is 1. The number of halogens is 1. The van der Waals surface area contributed by atoms with Crippen molar-refractivity contribution in [3.63, 3.8) is 0 Å². The molecule has 1 aromatic carbocycles. The monoisotopic (exact) mass is 293 g/mol. The number of hydrogen-bond donors (Lipinski definition) is 2. The third-order valence-electron chi connectivity index (χ3n) is 2.91. The topological polar surface area (TPSA) is 68.0 Å². The van der Waals surface area contributed by atoms with Gasteiger partial charge in [-0.05, 0) is 18.1 Å². The van der Waals surface area contributed by atoms with Gasteiger partial charge in [-0.15, -0.1) is 11.3 Å². The molecular weight excluding hydrogens is 277 g/mol. The molecule has 1 amide bonds. The minimum atomic E-state index is -0.587. The molecule has 3 N–H and O–H groups in total. The first-order valence-electron chi connectivity index (χ1n) is 6.26. The Balaban J connectivity index is 2.14. The standard InChI is InChI=1S/C14H16FN3OS/c1-8(2)12(16)13(19)18-14-17-11(7-20-14)9-5-3-4-6-10(9)15/h3-8,12H,16H2,1-2H3,(H,17,18,19)/t12-/m0/s1. The number of rotatable bonds is 4. The van der Waals surface area contributed by atoms with Gasteiger partial charge in [-0.1, -0.05) is 26.0 Å². The largest absolute Gasteiger partial charge is 0.320 e. The maximum atomic E-state index is 13.6. The van der Waals surface area contributed by atoms with Gasteiger partial charge >= 0.3 is 0 Å². The van der Waals surface area contributed by atoms with Gasteiger partial charge in [-0.25, -0.2) is 9.37 Å². The molecular formula is C14H16FN3OS. The molecule has 2 rings (SSSR count). The molecule has 0 radical (unpaired) electrons. The highest BCUT2D eigenvalue weighted by Crippen LogP contribution is 2.26. The molecule has 4 nitrogen and oxygen atoms in total. The summed E-state index contributed by atoms with van der Waals surface area (Å²) in [5, 5.41) is 4.78. The molecule has 0 aliphatic heterocycles. The van der Waals surface area contributed by atoms with E-state index < -0.39 is 6.04 Å². The zero-order chi connectivity index (χ0) is 14.7. The lowest BCUT2D eigenvalue weighted by Crippen LogP contribution is -2.39. The lowest BCUT2D eigenvalue weighted by atomic mass is 10.1. The molecule has 0 bridgehead atoms. The highest BCUT2D eigenvalue weighted by molar-refractivity contribution is 7.14. The van der Waals surface area contributed by atoms with Gasteiger partial charge in [0.25, 0.3) is 0 Å². The van der Waals surface area contributed by atoms with Crippen molar-refractivity contribution in [1.29, 1.82) is 0 Å². The van der Waals surface area contributed by atoms with Crippen LogP contribution in [0.25, 0.3) is 11.3 Å². The van der Waals surface area contributed by atoms with Crippen molar-refractivity contribution in [2.24, 2.45) is 11.7 Å². The molecule has 6 heteroatoms. The Hall–Kier alpha value is -1.79.